The summed E-state index contributed by atoms with van der Waals surface area (Å²) in [6.07, 6.45) is 8.03. The smallest absolute Gasteiger partial charge is 0.320 e. The van der Waals surface area contributed by atoms with Crippen molar-refractivity contribution in [3.63, 3.8) is 0 Å². The third-order valence-electron chi connectivity index (χ3n) is 11.9. The Morgan fingerprint density at radius 1 is 0.944 bits per heavy atom. The van der Waals surface area contributed by atoms with E-state index >= 15 is 0 Å². The maximum atomic E-state index is 14.7. The number of benzene rings is 1. The summed E-state index contributed by atoms with van der Waals surface area (Å²) in [5.74, 6) is -0.567. The fraction of sp³-hybridized carbons (Fsp3) is 0.762. The number of rotatable bonds is 18. The topological polar surface area (TPSA) is 129 Å². The maximum absolute atomic E-state index is 14.7. The maximum Gasteiger partial charge on any atom is 0.320 e. The lowest BCUT2D eigenvalue weighted by Gasteiger charge is -2.46. The van der Waals surface area contributed by atoms with Gasteiger partial charge in [-0.3, -0.25) is 14.4 Å². The molecule has 1 aliphatic carbocycles. The van der Waals surface area contributed by atoms with Gasteiger partial charge in [0.2, 0.25) is 17.7 Å². The number of unbranched alkanes of at least 4 members (excludes halogenated alkanes) is 1. The van der Waals surface area contributed by atoms with Crippen molar-refractivity contribution in [2.75, 3.05) is 73.5 Å². The minimum atomic E-state index is -0.922. The number of urea groups is 1. The number of nitrogens with zero attached hydrogens (tertiary/aromatic N) is 5. The lowest BCUT2D eigenvalue weighted by atomic mass is 9.81. The summed E-state index contributed by atoms with van der Waals surface area (Å²) in [7, 11) is 5.98. The molecule has 1 aromatic carbocycles. The normalized spacial score (nSPS) is 21.2. The number of carbonyl (C=O) groups is 4. The van der Waals surface area contributed by atoms with E-state index in [4.69, 9.17) is 0 Å². The predicted octanol–water partition coefficient (Wildman–Crippen LogP) is 3.82. The average Bonchev–Trinajstić information content (AvgIpc) is 3.15. The van der Waals surface area contributed by atoms with Gasteiger partial charge in [0.1, 0.15) is 12.1 Å². The molecule has 4 rings (SSSR count). The summed E-state index contributed by atoms with van der Waals surface area (Å²) in [5.41, 5.74) is 0.963. The Labute approximate surface area is 325 Å². The molecule has 3 fully saturated rings. The molecule has 2 heterocycles. The van der Waals surface area contributed by atoms with E-state index in [1.165, 1.54) is 6.42 Å². The Kier molecular flexibility index (Phi) is 17.5. The molecule has 1 saturated carbocycles. The summed E-state index contributed by atoms with van der Waals surface area (Å²) in [5, 5.41) is 18.2. The third kappa shape index (κ3) is 12.7. The van der Waals surface area contributed by atoms with Gasteiger partial charge in [0.15, 0.2) is 0 Å². The number of aliphatic hydroxyl groups excluding tert-OH is 1. The first-order chi connectivity index (χ1) is 25.9. The van der Waals surface area contributed by atoms with E-state index in [0.29, 0.717) is 51.4 Å². The van der Waals surface area contributed by atoms with Crippen molar-refractivity contribution in [1.29, 1.82) is 0 Å². The van der Waals surface area contributed by atoms with Crippen LogP contribution in [0, 0.1) is 17.8 Å². The van der Waals surface area contributed by atoms with E-state index in [0.717, 1.165) is 63.7 Å². The average molecular weight is 754 g/mol. The lowest BCUT2D eigenvalue weighted by Crippen LogP contribution is -2.66. The molecule has 0 spiro atoms. The summed E-state index contributed by atoms with van der Waals surface area (Å²) < 4.78 is 0. The van der Waals surface area contributed by atoms with Gasteiger partial charge in [0, 0.05) is 64.7 Å². The second-order valence-electron chi connectivity index (χ2n) is 16.8. The molecule has 12 heteroatoms. The van der Waals surface area contributed by atoms with Crippen molar-refractivity contribution in [1.82, 2.24) is 35.1 Å². The summed E-state index contributed by atoms with van der Waals surface area (Å²) in [4.78, 5) is 66.1. The fourth-order valence-corrected chi connectivity index (χ4v) is 8.40. The van der Waals surface area contributed by atoms with Crippen LogP contribution in [0.3, 0.4) is 0 Å². The lowest BCUT2D eigenvalue weighted by molar-refractivity contribution is -0.149. The number of likely N-dealkylation sites (N-methyl/N-ethyl adjacent to an activating group) is 2. The highest BCUT2D eigenvalue weighted by Crippen LogP contribution is 2.30. The van der Waals surface area contributed by atoms with Crippen molar-refractivity contribution in [3.8, 4) is 0 Å². The monoisotopic (exact) mass is 754 g/mol. The Morgan fingerprint density at radius 3 is 2.26 bits per heavy atom. The molecule has 12 nitrogen and oxygen atoms in total. The zero-order valence-electron chi connectivity index (χ0n) is 34.2. The highest BCUT2D eigenvalue weighted by atomic mass is 16.3. The summed E-state index contributed by atoms with van der Waals surface area (Å²) >= 11 is 0. The molecule has 304 valence electrons. The van der Waals surface area contributed by atoms with E-state index in [1.807, 2.05) is 68.1 Å². The van der Waals surface area contributed by atoms with Crippen LogP contribution in [0.25, 0.3) is 0 Å². The highest BCUT2D eigenvalue weighted by Gasteiger charge is 2.44. The van der Waals surface area contributed by atoms with Gasteiger partial charge in [0.05, 0.1) is 12.1 Å². The van der Waals surface area contributed by atoms with Gasteiger partial charge in [0.25, 0.3) is 0 Å². The van der Waals surface area contributed by atoms with Gasteiger partial charge < -0.3 is 40.2 Å². The van der Waals surface area contributed by atoms with Gasteiger partial charge in [-0.15, -0.1) is 0 Å². The van der Waals surface area contributed by atoms with Crippen LogP contribution in [0.1, 0.15) is 90.5 Å². The minimum Gasteiger partial charge on any atom is -0.391 e. The SMILES string of the molecule is CCCC[C@@H](C(=O)N[C@@H](CC1CCCCC1)[C@@H](O)C[C@H](C(=O)NCCN(C)C)C(C)C)N1CCN(C(=O)N2CCN(C)CC2)[C@@H](Cc2ccccc2)C1=O. The van der Waals surface area contributed by atoms with Gasteiger partial charge in [-0.05, 0) is 57.8 Å². The quantitative estimate of drug-likeness (QED) is 0.208. The highest BCUT2D eigenvalue weighted by molar-refractivity contribution is 5.93. The molecule has 0 unspecified atom stereocenters. The molecular formula is C42H71N7O5. The van der Waals surface area contributed by atoms with Crippen molar-refractivity contribution < 1.29 is 24.3 Å². The number of amides is 5. The number of piperazine rings is 2. The number of hydrogen-bond donors (Lipinski definition) is 3. The molecule has 5 atom stereocenters. The molecular weight excluding hydrogens is 683 g/mol. The second-order valence-corrected chi connectivity index (χ2v) is 16.8. The van der Waals surface area contributed by atoms with Crippen LogP contribution < -0.4 is 10.6 Å². The molecule has 0 radical (unpaired) electrons. The predicted molar refractivity (Wildman–Crippen MR) is 214 cm³/mol. The van der Waals surface area contributed by atoms with Crippen LogP contribution in [0.2, 0.25) is 0 Å². The largest absolute Gasteiger partial charge is 0.391 e. The number of nitrogens with one attached hydrogen (secondary N) is 2. The van der Waals surface area contributed by atoms with Crippen LogP contribution in [0.15, 0.2) is 30.3 Å². The van der Waals surface area contributed by atoms with Crippen LogP contribution in [-0.2, 0) is 20.8 Å². The Hall–Kier alpha value is -3.22. The Balaban J connectivity index is 1.56. The van der Waals surface area contributed by atoms with Crippen molar-refractivity contribution in [3.05, 3.63) is 35.9 Å². The van der Waals surface area contributed by atoms with Crippen LogP contribution in [0.4, 0.5) is 4.79 Å². The van der Waals surface area contributed by atoms with Gasteiger partial charge in [-0.1, -0.05) is 96.0 Å². The fourth-order valence-electron chi connectivity index (χ4n) is 8.40. The molecule has 3 aliphatic rings. The third-order valence-corrected chi connectivity index (χ3v) is 11.9. The minimum absolute atomic E-state index is 0.00589. The molecule has 54 heavy (non-hydrogen) atoms. The van der Waals surface area contributed by atoms with E-state index in [1.54, 1.807) is 9.80 Å². The first kappa shape index (κ1) is 43.5. The Morgan fingerprint density at radius 2 is 1.63 bits per heavy atom. The van der Waals surface area contributed by atoms with Crippen molar-refractivity contribution in [2.45, 2.75) is 116 Å². The summed E-state index contributed by atoms with van der Waals surface area (Å²) in [6, 6.07) is 7.67. The van der Waals surface area contributed by atoms with Crippen LogP contribution in [-0.4, -0.2) is 151 Å². The van der Waals surface area contributed by atoms with E-state index in [2.05, 4.69) is 29.5 Å². The van der Waals surface area contributed by atoms with Crippen LogP contribution in [0.5, 0.6) is 0 Å². The van der Waals surface area contributed by atoms with E-state index in [9.17, 15) is 24.3 Å². The molecule has 2 saturated heterocycles. The van der Waals surface area contributed by atoms with Gasteiger partial charge in [-0.2, -0.15) is 0 Å². The number of hydrogen-bond acceptors (Lipinski definition) is 7. The van der Waals surface area contributed by atoms with E-state index in [-0.39, 0.29) is 42.6 Å². The molecule has 0 aromatic heterocycles. The molecule has 2 aliphatic heterocycles. The van der Waals surface area contributed by atoms with Crippen molar-refractivity contribution >= 4 is 23.8 Å². The molecule has 1 aromatic rings. The first-order valence-electron chi connectivity index (χ1n) is 20.9. The van der Waals surface area contributed by atoms with Gasteiger partial charge >= 0.3 is 6.03 Å². The zero-order chi connectivity index (χ0) is 39.2. The molecule has 0 bridgehead atoms. The number of carbonyl (C=O) groups excluding carboxylic acids is 4. The van der Waals surface area contributed by atoms with Crippen LogP contribution >= 0.6 is 0 Å². The standard InChI is InChI=1S/C42H71N7O5/c1-7-8-19-36(48-26-27-49(42(54)47-24-22-46(6)23-25-47)37(41(48)53)29-33-17-13-10-14-18-33)40(52)44-35(28-32-15-11-9-12-16-32)38(50)30-34(31(2)3)39(51)43-20-21-45(4)5/h10,13-14,17-18,31-32,34-38,50H,7-9,11-12,15-16,19-30H2,1-6H3,(H,43,51)(H,44,52)/t34-,35-,36-,37-,38-/m0/s1. The summed E-state index contributed by atoms with van der Waals surface area (Å²) in [6.45, 7) is 10.8. The zero-order valence-corrected chi connectivity index (χ0v) is 34.2. The number of aliphatic hydroxyl groups is 1. The van der Waals surface area contributed by atoms with Crippen molar-refractivity contribution in [2.24, 2.45) is 17.8 Å². The molecule has 5 amide bonds. The first-order valence-corrected chi connectivity index (χ1v) is 20.9. The Bertz CT molecular complexity index is 1320. The molecule has 3 N–H and O–H groups in total. The van der Waals surface area contributed by atoms with E-state index < -0.39 is 30.1 Å². The second kappa shape index (κ2) is 21.8. The van der Waals surface area contributed by atoms with Gasteiger partial charge in [-0.25, -0.2) is 4.79 Å².